The van der Waals surface area contributed by atoms with Crippen LogP contribution >= 0.6 is 0 Å². The molecule has 0 unspecified atom stereocenters. The standard InChI is InChI=1S/C25H39NO2/c1-24-10-8-19(27)15-18(24)6-7-20-21(24)9-11-25(2)22(20)14-17(23(25)28)16-26-12-4-3-5-13-26/h16,18-22,27H,3-15H2,1-2H3/b17-16-/t18-,19+,20+,21-,22-,24-,25-/m0/s1. The summed E-state index contributed by atoms with van der Waals surface area (Å²) in [6.07, 6.45) is 15.1. The largest absolute Gasteiger partial charge is 0.393 e. The van der Waals surface area contributed by atoms with Crippen molar-refractivity contribution in [1.29, 1.82) is 0 Å². The molecule has 0 aromatic rings. The Hall–Kier alpha value is -0.830. The number of fused-ring (bicyclic) bond motifs is 5. The molecule has 1 N–H and O–H groups in total. The van der Waals surface area contributed by atoms with E-state index in [4.69, 9.17) is 0 Å². The fraction of sp³-hybridized carbons (Fsp3) is 0.880. The van der Waals surface area contributed by atoms with Crippen LogP contribution in [0.4, 0.5) is 0 Å². The van der Waals surface area contributed by atoms with Gasteiger partial charge in [0.1, 0.15) is 0 Å². The number of carbonyl (C=O) groups is 1. The minimum absolute atomic E-state index is 0.0735. The summed E-state index contributed by atoms with van der Waals surface area (Å²) in [5.41, 5.74) is 1.42. The van der Waals surface area contributed by atoms with Gasteiger partial charge in [-0.1, -0.05) is 13.8 Å². The maximum absolute atomic E-state index is 13.5. The number of hydrogen-bond acceptors (Lipinski definition) is 3. The van der Waals surface area contributed by atoms with Crippen LogP contribution in [-0.2, 0) is 4.79 Å². The average molecular weight is 386 g/mol. The summed E-state index contributed by atoms with van der Waals surface area (Å²) in [6, 6.07) is 0. The first kappa shape index (κ1) is 19.2. The number of carbonyl (C=O) groups excluding carboxylic acids is 1. The molecule has 5 rings (SSSR count). The lowest BCUT2D eigenvalue weighted by atomic mass is 9.45. The first-order valence-electron chi connectivity index (χ1n) is 12.1. The molecule has 5 fully saturated rings. The molecule has 5 aliphatic rings. The first-order chi connectivity index (χ1) is 13.4. The fourth-order valence-corrected chi connectivity index (χ4v) is 8.29. The summed E-state index contributed by atoms with van der Waals surface area (Å²) in [5.74, 6) is 3.21. The monoisotopic (exact) mass is 385 g/mol. The summed E-state index contributed by atoms with van der Waals surface area (Å²) in [7, 11) is 0. The Kier molecular flexibility index (Phi) is 4.69. The summed E-state index contributed by atoms with van der Waals surface area (Å²) >= 11 is 0. The number of Topliss-reactive ketones (excluding diaryl/α,β-unsaturated/α-hetero) is 1. The number of ketones is 1. The van der Waals surface area contributed by atoms with Crippen molar-refractivity contribution in [2.75, 3.05) is 13.1 Å². The third kappa shape index (κ3) is 2.82. The smallest absolute Gasteiger partial charge is 0.166 e. The van der Waals surface area contributed by atoms with Gasteiger partial charge < -0.3 is 10.0 Å². The number of piperidine rings is 1. The third-order valence-corrected chi connectivity index (χ3v) is 10.0. The minimum atomic E-state index is -0.111. The van der Waals surface area contributed by atoms with Crippen molar-refractivity contribution >= 4 is 5.78 Å². The quantitative estimate of drug-likeness (QED) is 0.650. The Labute approximate surface area is 170 Å². The molecule has 4 saturated carbocycles. The molecule has 0 aromatic heterocycles. The van der Waals surface area contributed by atoms with Gasteiger partial charge in [-0.05, 0) is 99.7 Å². The van der Waals surface area contributed by atoms with Crippen molar-refractivity contribution in [3.05, 3.63) is 11.8 Å². The molecule has 0 spiro atoms. The van der Waals surface area contributed by atoms with Crippen molar-refractivity contribution in [2.24, 2.45) is 34.5 Å². The SMILES string of the molecule is C[C@]12CC[C@@H](O)C[C@@H]1CC[C@@H]1[C@@H]2CC[C@]2(C)C(=O)/C(=C\N3CCCCC3)C[C@@H]12. The van der Waals surface area contributed by atoms with Crippen molar-refractivity contribution in [3.8, 4) is 0 Å². The molecule has 0 radical (unpaired) electrons. The highest BCUT2D eigenvalue weighted by Crippen LogP contribution is 2.66. The topological polar surface area (TPSA) is 40.5 Å². The molecule has 1 heterocycles. The molecule has 4 aliphatic carbocycles. The van der Waals surface area contributed by atoms with Crippen molar-refractivity contribution in [2.45, 2.75) is 90.6 Å². The van der Waals surface area contributed by atoms with E-state index in [9.17, 15) is 9.90 Å². The van der Waals surface area contributed by atoms with Gasteiger partial charge in [0.2, 0.25) is 0 Å². The molecular formula is C25H39NO2. The third-order valence-electron chi connectivity index (χ3n) is 10.0. The molecule has 0 aromatic carbocycles. The van der Waals surface area contributed by atoms with E-state index in [1.54, 1.807) is 0 Å². The second-order valence-corrected chi connectivity index (χ2v) is 11.3. The van der Waals surface area contributed by atoms with E-state index in [1.807, 2.05) is 0 Å². The van der Waals surface area contributed by atoms with Gasteiger partial charge in [0.05, 0.1) is 6.10 Å². The zero-order chi connectivity index (χ0) is 19.5. The van der Waals surface area contributed by atoms with Gasteiger partial charge in [0.25, 0.3) is 0 Å². The second kappa shape index (κ2) is 6.86. The number of hydrogen-bond donors (Lipinski definition) is 1. The van der Waals surface area contributed by atoms with E-state index in [1.165, 1.54) is 44.9 Å². The van der Waals surface area contributed by atoms with Crippen LogP contribution in [-0.4, -0.2) is 35.0 Å². The normalized spacial score (nSPS) is 50.2. The van der Waals surface area contributed by atoms with Gasteiger partial charge in [-0.15, -0.1) is 0 Å². The van der Waals surface area contributed by atoms with E-state index in [0.717, 1.165) is 50.3 Å². The van der Waals surface area contributed by atoms with Crippen LogP contribution in [0.15, 0.2) is 11.8 Å². The second-order valence-electron chi connectivity index (χ2n) is 11.3. The number of allylic oxidation sites excluding steroid dienone is 1. The maximum atomic E-state index is 13.5. The van der Waals surface area contributed by atoms with Crippen LogP contribution in [0, 0.1) is 34.5 Å². The predicted octanol–water partition coefficient (Wildman–Crippen LogP) is 4.94. The predicted molar refractivity (Wildman–Crippen MR) is 112 cm³/mol. The van der Waals surface area contributed by atoms with E-state index in [2.05, 4.69) is 24.9 Å². The molecule has 3 nitrogen and oxygen atoms in total. The molecule has 0 amide bonds. The van der Waals surface area contributed by atoms with Crippen LogP contribution in [0.1, 0.15) is 84.5 Å². The maximum Gasteiger partial charge on any atom is 0.166 e. The van der Waals surface area contributed by atoms with Crippen molar-refractivity contribution < 1.29 is 9.90 Å². The molecular weight excluding hydrogens is 346 g/mol. The highest BCUT2D eigenvalue weighted by atomic mass is 16.3. The minimum Gasteiger partial charge on any atom is -0.393 e. The van der Waals surface area contributed by atoms with E-state index in [0.29, 0.717) is 29.0 Å². The summed E-state index contributed by atoms with van der Waals surface area (Å²) in [5, 5.41) is 10.2. The Morgan fingerprint density at radius 2 is 1.79 bits per heavy atom. The molecule has 1 saturated heterocycles. The van der Waals surface area contributed by atoms with E-state index in [-0.39, 0.29) is 11.5 Å². The lowest BCUT2D eigenvalue weighted by molar-refractivity contribution is -0.141. The Morgan fingerprint density at radius 3 is 2.57 bits per heavy atom. The number of nitrogens with zero attached hydrogens (tertiary/aromatic N) is 1. The van der Waals surface area contributed by atoms with E-state index >= 15 is 0 Å². The van der Waals surface area contributed by atoms with Crippen LogP contribution in [0.5, 0.6) is 0 Å². The van der Waals surface area contributed by atoms with Gasteiger partial charge in [-0.3, -0.25) is 4.79 Å². The van der Waals surface area contributed by atoms with Crippen LogP contribution in [0.25, 0.3) is 0 Å². The van der Waals surface area contributed by atoms with Crippen LogP contribution in [0.3, 0.4) is 0 Å². The lowest BCUT2D eigenvalue weighted by Gasteiger charge is -2.59. The Balaban J connectivity index is 1.40. The molecule has 3 heteroatoms. The molecule has 156 valence electrons. The zero-order valence-corrected chi connectivity index (χ0v) is 18.0. The number of aliphatic hydroxyl groups excluding tert-OH is 1. The van der Waals surface area contributed by atoms with Gasteiger partial charge in [0, 0.05) is 30.3 Å². The van der Waals surface area contributed by atoms with Crippen molar-refractivity contribution in [3.63, 3.8) is 0 Å². The van der Waals surface area contributed by atoms with Crippen LogP contribution in [0.2, 0.25) is 0 Å². The highest BCUT2D eigenvalue weighted by Gasteiger charge is 2.61. The van der Waals surface area contributed by atoms with Gasteiger partial charge >= 0.3 is 0 Å². The summed E-state index contributed by atoms with van der Waals surface area (Å²) in [6.45, 7) is 7.09. The van der Waals surface area contributed by atoms with Gasteiger partial charge in [-0.2, -0.15) is 0 Å². The van der Waals surface area contributed by atoms with Gasteiger partial charge in [0.15, 0.2) is 5.78 Å². The average Bonchev–Trinajstić information content (AvgIpc) is 2.94. The summed E-state index contributed by atoms with van der Waals surface area (Å²) < 4.78 is 0. The molecule has 0 bridgehead atoms. The molecule has 7 atom stereocenters. The highest BCUT2D eigenvalue weighted by molar-refractivity contribution is 6.02. The van der Waals surface area contributed by atoms with Crippen LogP contribution < -0.4 is 0 Å². The van der Waals surface area contributed by atoms with Gasteiger partial charge in [-0.25, -0.2) is 0 Å². The Bertz CT molecular complexity index is 665. The number of aliphatic hydroxyl groups is 1. The van der Waals surface area contributed by atoms with E-state index < -0.39 is 0 Å². The molecule has 1 aliphatic heterocycles. The first-order valence-corrected chi connectivity index (χ1v) is 12.1. The summed E-state index contributed by atoms with van der Waals surface area (Å²) in [4.78, 5) is 15.9. The lowest BCUT2D eigenvalue weighted by Crippen LogP contribution is -2.54. The number of likely N-dealkylation sites (tertiary alicyclic amines) is 1. The fourth-order valence-electron chi connectivity index (χ4n) is 8.29. The zero-order valence-electron chi connectivity index (χ0n) is 18.0. The Morgan fingerprint density at radius 1 is 1.00 bits per heavy atom. The number of rotatable bonds is 1. The molecule has 28 heavy (non-hydrogen) atoms. The van der Waals surface area contributed by atoms with Crippen molar-refractivity contribution in [1.82, 2.24) is 4.90 Å².